The van der Waals surface area contributed by atoms with E-state index in [0.29, 0.717) is 42.3 Å². The van der Waals surface area contributed by atoms with Crippen molar-refractivity contribution in [2.75, 3.05) is 38.2 Å². The number of hydrogen-bond acceptors (Lipinski definition) is 7. The summed E-state index contributed by atoms with van der Waals surface area (Å²) >= 11 is 0. The third-order valence-electron chi connectivity index (χ3n) is 6.16. The Bertz CT molecular complexity index is 1250. The molecule has 3 aromatic rings. The van der Waals surface area contributed by atoms with Gasteiger partial charge in [-0.3, -0.25) is 14.7 Å². The predicted octanol–water partition coefficient (Wildman–Crippen LogP) is 3.51. The highest BCUT2D eigenvalue weighted by atomic mass is 16.5. The van der Waals surface area contributed by atoms with Crippen LogP contribution in [0.4, 0.5) is 11.4 Å². The van der Waals surface area contributed by atoms with E-state index in [4.69, 9.17) is 9.73 Å². The van der Waals surface area contributed by atoms with Crippen LogP contribution in [0.25, 0.3) is 0 Å². The van der Waals surface area contributed by atoms with E-state index < -0.39 is 11.9 Å². The summed E-state index contributed by atoms with van der Waals surface area (Å²) in [4.78, 5) is 32.3. The number of esters is 1. The van der Waals surface area contributed by atoms with Gasteiger partial charge < -0.3 is 20.3 Å². The van der Waals surface area contributed by atoms with Gasteiger partial charge in [-0.2, -0.15) is 0 Å². The minimum Gasteiger partial charge on any atom is -0.462 e. The van der Waals surface area contributed by atoms with Crippen LogP contribution in [0, 0.1) is 0 Å². The number of carbonyl (C=O) groups excluding carboxylic acids is 2. The number of hydrogen-bond donors (Lipinski definition) is 3. The summed E-state index contributed by atoms with van der Waals surface area (Å²) in [6.07, 6.45) is 0. The van der Waals surface area contributed by atoms with Gasteiger partial charge in [0, 0.05) is 25.3 Å². The number of amides is 1. The number of carbonyl (C=O) groups is 2. The predicted molar refractivity (Wildman–Crippen MR) is 142 cm³/mol. The second-order valence-electron chi connectivity index (χ2n) is 8.70. The minimum atomic E-state index is -0.641. The molecule has 0 fully saturated rings. The van der Waals surface area contributed by atoms with Gasteiger partial charge >= 0.3 is 5.97 Å². The highest BCUT2D eigenvalue weighted by Crippen LogP contribution is 2.37. The number of anilines is 1. The summed E-state index contributed by atoms with van der Waals surface area (Å²) in [5.41, 5.74) is 4.86. The Hall–Kier alpha value is -3.85. The van der Waals surface area contributed by atoms with Gasteiger partial charge in [-0.1, -0.05) is 48.5 Å². The molecule has 1 atom stereocenters. The highest BCUT2D eigenvalue weighted by Gasteiger charge is 2.36. The lowest BCUT2D eigenvalue weighted by Crippen LogP contribution is -2.29. The maximum absolute atomic E-state index is 13.2. The average molecular weight is 502 g/mol. The standard InChI is InChI=1S/C29H31N3O5/c1-2-37-29(36)22-10-13-24-25(18-22)31-28(35)26(24)27(21-6-4-3-5-7-21)30-23-11-8-20(9-12-23)19-32(14-16-33)15-17-34/h3-13,18,26,33-34H,2,14-17,19H2,1H3,(H,31,35). The number of ether oxygens (including phenoxy) is 1. The van der Waals surface area contributed by atoms with E-state index >= 15 is 0 Å². The first-order chi connectivity index (χ1) is 18.0. The number of benzene rings is 3. The van der Waals surface area contributed by atoms with Gasteiger partial charge in [0.1, 0.15) is 5.92 Å². The van der Waals surface area contributed by atoms with Crippen molar-refractivity contribution in [1.82, 2.24) is 4.90 Å². The van der Waals surface area contributed by atoms with Crippen LogP contribution in [0.3, 0.4) is 0 Å². The molecule has 37 heavy (non-hydrogen) atoms. The summed E-state index contributed by atoms with van der Waals surface area (Å²) in [6.45, 7) is 3.62. The van der Waals surface area contributed by atoms with Crippen LogP contribution < -0.4 is 5.32 Å². The van der Waals surface area contributed by atoms with Crippen LogP contribution in [-0.2, 0) is 16.1 Å². The summed E-state index contributed by atoms with van der Waals surface area (Å²) in [5.74, 6) is -1.28. The van der Waals surface area contributed by atoms with E-state index in [1.165, 1.54) is 0 Å². The Morgan fingerprint density at radius 3 is 2.32 bits per heavy atom. The van der Waals surface area contributed by atoms with Gasteiger partial charge in [0.25, 0.3) is 0 Å². The molecular formula is C29H31N3O5. The quantitative estimate of drug-likeness (QED) is 0.274. The molecule has 0 spiro atoms. The number of aliphatic hydroxyl groups is 2. The molecule has 0 saturated carbocycles. The van der Waals surface area contributed by atoms with Crippen molar-refractivity contribution < 1.29 is 24.5 Å². The SMILES string of the molecule is CCOC(=O)c1ccc2c(c1)NC(=O)C2C(=Nc1ccc(CN(CCO)CCO)cc1)c1ccccc1. The summed E-state index contributed by atoms with van der Waals surface area (Å²) in [6, 6.07) is 22.4. The second kappa shape index (κ2) is 12.4. The summed E-state index contributed by atoms with van der Waals surface area (Å²) < 4.78 is 5.09. The molecule has 0 aliphatic carbocycles. The van der Waals surface area contributed by atoms with Crippen LogP contribution in [0.1, 0.15) is 39.9 Å². The molecule has 0 aromatic heterocycles. The van der Waals surface area contributed by atoms with Gasteiger partial charge in [-0.25, -0.2) is 4.79 Å². The maximum Gasteiger partial charge on any atom is 0.338 e. The van der Waals surface area contributed by atoms with E-state index in [1.807, 2.05) is 59.5 Å². The van der Waals surface area contributed by atoms with E-state index in [2.05, 4.69) is 5.32 Å². The van der Waals surface area contributed by atoms with Gasteiger partial charge in [0.05, 0.1) is 36.8 Å². The van der Waals surface area contributed by atoms with E-state index in [1.54, 1.807) is 25.1 Å². The number of rotatable bonds is 11. The second-order valence-corrected chi connectivity index (χ2v) is 8.70. The summed E-state index contributed by atoms with van der Waals surface area (Å²) in [7, 11) is 0. The lowest BCUT2D eigenvalue weighted by atomic mass is 9.90. The number of nitrogens with one attached hydrogen (secondary N) is 1. The zero-order valence-corrected chi connectivity index (χ0v) is 20.8. The average Bonchev–Trinajstić information content (AvgIpc) is 3.24. The van der Waals surface area contributed by atoms with Crippen molar-refractivity contribution in [3.8, 4) is 0 Å². The number of nitrogens with zero attached hydrogens (tertiary/aromatic N) is 2. The van der Waals surface area contributed by atoms with E-state index in [9.17, 15) is 19.8 Å². The Kier molecular flexibility index (Phi) is 8.79. The van der Waals surface area contributed by atoms with Crippen LogP contribution in [-0.4, -0.2) is 65.6 Å². The highest BCUT2D eigenvalue weighted by molar-refractivity contribution is 6.24. The fourth-order valence-electron chi connectivity index (χ4n) is 4.41. The van der Waals surface area contributed by atoms with Crippen molar-refractivity contribution in [3.05, 3.63) is 95.1 Å². The molecule has 8 heteroatoms. The zero-order chi connectivity index (χ0) is 26.2. The first-order valence-electron chi connectivity index (χ1n) is 12.3. The third-order valence-corrected chi connectivity index (χ3v) is 6.16. The molecule has 3 aromatic carbocycles. The summed E-state index contributed by atoms with van der Waals surface area (Å²) in [5, 5.41) is 21.4. The fourth-order valence-corrected chi connectivity index (χ4v) is 4.41. The van der Waals surface area contributed by atoms with Crippen molar-refractivity contribution in [3.63, 3.8) is 0 Å². The van der Waals surface area contributed by atoms with Gasteiger partial charge in [-0.05, 0) is 47.9 Å². The molecule has 192 valence electrons. The van der Waals surface area contributed by atoms with E-state index in [-0.39, 0.29) is 25.7 Å². The molecule has 0 radical (unpaired) electrons. The van der Waals surface area contributed by atoms with Crippen molar-refractivity contribution in [1.29, 1.82) is 0 Å². The number of aliphatic hydroxyl groups excluding tert-OH is 2. The molecular weight excluding hydrogens is 470 g/mol. The lowest BCUT2D eigenvalue weighted by molar-refractivity contribution is -0.115. The van der Waals surface area contributed by atoms with Crippen LogP contribution in [0.5, 0.6) is 0 Å². The van der Waals surface area contributed by atoms with Crippen LogP contribution in [0.2, 0.25) is 0 Å². The minimum absolute atomic E-state index is 0.0228. The van der Waals surface area contributed by atoms with Crippen LogP contribution in [0.15, 0.2) is 77.8 Å². The van der Waals surface area contributed by atoms with Crippen molar-refractivity contribution >= 4 is 29.0 Å². The first kappa shape index (κ1) is 26.2. The smallest absolute Gasteiger partial charge is 0.338 e. The monoisotopic (exact) mass is 501 g/mol. The first-order valence-corrected chi connectivity index (χ1v) is 12.3. The molecule has 1 aliphatic rings. The van der Waals surface area contributed by atoms with Gasteiger partial charge in [-0.15, -0.1) is 0 Å². The van der Waals surface area contributed by atoms with E-state index in [0.717, 1.165) is 16.7 Å². The molecule has 3 N–H and O–H groups in total. The van der Waals surface area contributed by atoms with Crippen LogP contribution >= 0.6 is 0 Å². The maximum atomic E-state index is 13.2. The molecule has 1 amide bonds. The van der Waals surface area contributed by atoms with Gasteiger partial charge in [0.2, 0.25) is 5.91 Å². The Balaban J connectivity index is 1.67. The largest absolute Gasteiger partial charge is 0.462 e. The molecule has 0 bridgehead atoms. The Morgan fingerprint density at radius 1 is 0.973 bits per heavy atom. The molecule has 0 saturated heterocycles. The number of aliphatic imine (C=N–C) groups is 1. The lowest BCUT2D eigenvalue weighted by Gasteiger charge is -2.20. The molecule has 1 heterocycles. The molecule has 1 aliphatic heterocycles. The number of fused-ring (bicyclic) bond motifs is 1. The Morgan fingerprint density at radius 2 is 1.68 bits per heavy atom. The van der Waals surface area contributed by atoms with Gasteiger partial charge in [0.15, 0.2) is 0 Å². The third kappa shape index (κ3) is 6.29. The molecule has 1 unspecified atom stereocenters. The van der Waals surface area contributed by atoms with Crippen molar-refractivity contribution in [2.45, 2.75) is 19.4 Å². The molecule has 4 rings (SSSR count). The normalized spacial score (nSPS) is 15.0. The topological polar surface area (TPSA) is 111 Å². The zero-order valence-electron chi connectivity index (χ0n) is 20.8. The fraction of sp³-hybridized carbons (Fsp3) is 0.276. The Labute approximate surface area is 216 Å². The molecule has 8 nitrogen and oxygen atoms in total. The van der Waals surface area contributed by atoms with Crippen molar-refractivity contribution in [2.24, 2.45) is 4.99 Å².